The number of hydrogen-bond donors (Lipinski definition) is 3. The summed E-state index contributed by atoms with van der Waals surface area (Å²) in [6.07, 6.45) is 0. The Kier molecular flexibility index (Phi) is 4.89. The highest BCUT2D eigenvalue weighted by molar-refractivity contribution is 6.00. The monoisotopic (exact) mass is 333 g/mol. The van der Waals surface area contributed by atoms with Gasteiger partial charge in [0.1, 0.15) is 0 Å². The van der Waals surface area contributed by atoms with Crippen LogP contribution in [-0.2, 0) is 0 Å². The summed E-state index contributed by atoms with van der Waals surface area (Å²) in [6, 6.07) is 18.3. The van der Waals surface area contributed by atoms with Crippen molar-refractivity contribution in [1.82, 2.24) is 9.97 Å². The Hall–Kier alpha value is -3.41. The number of nitrogens with zero attached hydrogens (tertiary/aromatic N) is 2. The lowest BCUT2D eigenvalue weighted by Crippen LogP contribution is -2.19. The first-order chi connectivity index (χ1) is 12.1. The maximum atomic E-state index is 12.1. The zero-order chi connectivity index (χ0) is 17.6. The van der Waals surface area contributed by atoms with Gasteiger partial charge in [0.15, 0.2) is 0 Å². The maximum absolute atomic E-state index is 12.1. The topological polar surface area (TPSA) is 78.9 Å². The molecular formula is C19H19N5O. The third-order valence-electron chi connectivity index (χ3n) is 3.39. The summed E-state index contributed by atoms with van der Waals surface area (Å²) in [5, 5.41) is 8.74. The molecule has 0 saturated carbocycles. The summed E-state index contributed by atoms with van der Waals surface area (Å²) in [7, 11) is 0. The molecular weight excluding hydrogens is 314 g/mol. The summed E-state index contributed by atoms with van der Waals surface area (Å²) >= 11 is 0. The van der Waals surface area contributed by atoms with Crippen LogP contribution in [-0.4, -0.2) is 16.0 Å². The lowest BCUT2D eigenvalue weighted by molar-refractivity contribution is 0.262. The molecule has 25 heavy (non-hydrogen) atoms. The predicted molar refractivity (Wildman–Crippen MR) is 100 cm³/mol. The van der Waals surface area contributed by atoms with Gasteiger partial charge in [-0.15, -0.1) is 0 Å². The SMILES string of the molecule is Cc1cc(C)nc(Nc2cccc(NC(=O)Nc3ccccc3)c2)n1. The number of carbonyl (C=O) groups excluding carboxylic acids is 1. The van der Waals surface area contributed by atoms with Gasteiger partial charge >= 0.3 is 6.03 Å². The number of carbonyl (C=O) groups is 1. The van der Waals surface area contributed by atoms with Crippen molar-refractivity contribution < 1.29 is 4.79 Å². The van der Waals surface area contributed by atoms with E-state index < -0.39 is 0 Å². The fourth-order valence-corrected chi connectivity index (χ4v) is 2.40. The largest absolute Gasteiger partial charge is 0.324 e. The van der Waals surface area contributed by atoms with Gasteiger partial charge in [-0.3, -0.25) is 0 Å². The Labute approximate surface area is 146 Å². The lowest BCUT2D eigenvalue weighted by atomic mass is 10.2. The van der Waals surface area contributed by atoms with E-state index in [4.69, 9.17) is 0 Å². The van der Waals surface area contributed by atoms with E-state index in [0.29, 0.717) is 11.6 Å². The smallest absolute Gasteiger partial charge is 0.323 e. The first-order valence-electron chi connectivity index (χ1n) is 7.91. The molecule has 0 aliphatic rings. The highest BCUT2D eigenvalue weighted by Crippen LogP contribution is 2.19. The number of nitrogens with one attached hydrogen (secondary N) is 3. The molecule has 3 aromatic rings. The van der Waals surface area contributed by atoms with Gasteiger partial charge in [0.2, 0.25) is 5.95 Å². The molecule has 0 aliphatic carbocycles. The van der Waals surface area contributed by atoms with E-state index in [1.54, 1.807) is 0 Å². The number of aromatic nitrogens is 2. The van der Waals surface area contributed by atoms with E-state index in [9.17, 15) is 4.79 Å². The predicted octanol–water partition coefficient (Wildman–Crippen LogP) is 4.48. The van der Waals surface area contributed by atoms with Crippen LogP contribution in [0.2, 0.25) is 0 Å². The number of rotatable bonds is 4. The van der Waals surface area contributed by atoms with Crippen LogP contribution in [0.4, 0.5) is 27.8 Å². The van der Waals surface area contributed by atoms with E-state index in [0.717, 1.165) is 22.8 Å². The van der Waals surface area contributed by atoms with Crippen LogP contribution >= 0.6 is 0 Å². The van der Waals surface area contributed by atoms with Gasteiger partial charge in [-0.1, -0.05) is 24.3 Å². The van der Waals surface area contributed by atoms with Gasteiger partial charge in [-0.25, -0.2) is 14.8 Å². The summed E-state index contributed by atoms with van der Waals surface area (Å²) < 4.78 is 0. The summed E-state index contributed by atoms with van der Waals surface area (Å²) in [5.41, 5.74) is 3.99. The Morgan fingerprint density at radius 2 is 1.36 bits per heavy atom. The van der Waals surface area contributed by atoms with Crippen molar-refractivity contribution in [3.05, 3.63) is 72.1 Å². The molecule has 0 aliphatic heterocycles. The van der Waals surface area contributed by atoms with Crippen molar-refractivity contribution in [3.8, 4) is 0 Å². The minimum atomic E-state index is -0.300. The van der Waals surface area contributed by atoms with Gasteiger partial charge in [0.25, 0.3) is 0 Å². The van der Waals surface area contributed by atoms with Gasteiger partial charge < -0.3 is 16.0 Å². The normalized spacial score (nSPS) is 10.2. The number of hydrogen-bond acceptors (Lipinski definition) is 4. The van der Waals surface area contributed by atoms with Gasteiger partial charge in [-0.2, -0.15) is 0 Å². The molecule has 3 rings (SSSR count). The zero-order valence-corrected chi connectivity index (χ0v) is 14.1. The molecule has 0 saturated heterocycles. The summed E-state index contributed by atoms with van der Waals surface area (Å²) in [6.45, 7) is 3.84. The van der Waals surface area contributed by atoms with Crippen LogP contribution in [0.1, 0.15) is 11.4 Å². The van der Waals surface area contributed by atoms with E-state index >= 15 is 0 Å². The molecule has 0 radical (unpaired) electrons. The maximum Gasteiger partial charge on any atom is 0.323 e. The molecule has 126 valence electrons. The van der Waals surface area contributed by atoms with Crippen molar-refractivity contribution in [2.45, 2.75) is 13.8 Å². The van der Waals surface area contributed by atoms with Crippen molar-refractivity contribution in [2.75, 3.05) is 16.0 Å². The van der Waals surface area contributed by atoms with Gasteiger partial charge in [0, 0.05) is 28.5 Å². The standard InChI is InChI=1S/C19H19N5O/c1-13-11-14(2)21-18(20-13)22-16-9-6-10-17(12-16)24-19(25)23-15-7-4-3-5-8-15/h3-12H,1-2H3,(H,20,21,22)(H2,23,24,25). The number of amides is 2. The quantitative estimate of drug-likeness (QED) is 0.657. The lowest BCUT2D eigenvalue weighted by Gasteiger charge is -2.10. The number of urea groups is 1. The average molecular weight is 333 g/mol. The van der Waals surface area contributed by atoms with Crippen molar-refractivity contribution in [2.24, 2.45) is 0 Å². The van der Waals surface area contributed by atoms with E-state index in [-0.39, 0.29) is 6.03 Å². The number of para-hydroxylation sites is 1. The molecule has 0 unspecified atom stereocenters. The molecule has 1 heterocycles. The molecule has 0 atom stereocenters. The Bertz CT molecular complexity index is 860. The minimum absolute atomic E-state index is 0.300. The second-order valence-corrected chi connectivity index (χ2v) is 5.63. The Morgan fingerprint density at radius 1 is 0.760 bits per heavy atom. The number of aryl methyl sites for hydroxylation is 2. The molecule has 1 aromatic heterocycles. The van der Waals surface area contributed by atoms with E-state index in [1.807, 2.05) is 74.5 Å². The second-order valence-electron chi connectivity index (χ2n) is 5.63. The third-order valence-corrected chi connectivity index (χ3v) is 3.39. The first-order valence-corrected chi connectivity index (χ1v) is 7.91. The molecule has 2 amide bonds. The van der Waals surface area contributed by atoms with Crippen LogP contribution in [0.25, 0.3) is 0 Å². The van der Waals surface area contributed by atoms with Crippen LogP contribution in [0.5, 0.6) is 0 Å². The van der Waals surface area contributed by atoms with Crippen molar-refractivity contribution in [1.29, 1.82) is 0 Å². The third kappa shape index (κ3) is 4.78. The molecule has 0 bridgehead atoms. The van der Waals surface area contributed by atoms with Crippen LogP contribution in [0.15, 0.2) is 60.7 Å². The highest BCUT2D eigenvalue weighted by atomic mass is 16.2. The van der Waals surface area contributed by atoms with Crippen molar-refractivity contribution >= 4 is 29.0 Å². The molecule has 6 heteroatoms. The Balaban J connectivity index is 1.67. The van der Waals surface area contributed by atoms with Crippen LogP contribution < -0.4 is 16.0 Å². The molecule has 3 N–H and O–H groups in total. The van der Waals surface area contributed by atoms with Crippen LogP contribution in [0, 0.1) is 13.8 Å². The second kappa shape index (κ2) is 7.44. The fourth-order valence-electron chi connectivity index (χ4n) is 2.40. The van der Waals surface area contributed by atoms with E-state index in [1.165, 1.54) is 0 Å². The minimum Gasteiger partial charge on any atom is -0.324 e. The summed E-state index contributed by atoms with van der Waals surface area (Å²) in [5.74, 6) is 0.531. The molecule has 2 aromatic carbocycles. The fraction of sp³-hybridized carbons (Fsp3) is 0.105. The van der Waals surface area contributed by atoms with Crippen molar-refractivity contribution in [3.63, 3.8) is 0 Å². The zero-order valence-electron chi connectivity index (χ0n) is 14.1. The molecule has 6 nitrogen and oxygen atoms in total. The van der Waals surface area contributed by atoms with Crippen LogP contribution in [0.3, 0.4) is 0 Å². The van der Waals surface area contributed by atoms with Gasteiger partial charge in [-0.05, 0) is 50.2 Å². The van der Waals surface area contributed by atoms with Gasteiger partial charge in [0.05, 0.1) is 0 Å². The average Bonchev–Trinajstić information content (AvgIpc) is 2.55. The highest BCUT2D eigenvalue weighted by Gasteiger charge is 2.05. The summed E-state index contributed by atoms with van der Waals surface area (Å²) in [4.78, 5) is 20.8. The number of benzene rings is 2. The Morgan fingerprint density at radius 3 is 2.08 bits per heavy atom. The molecule has 0 spiro atoms. The number of anilines is 4. The first kappa shape index (κ1) is 16.4. The molecule has 0 fully saturated rings. The van der Waals surface area contributed by atoms with E-state index in [2.05, 4.69) is 25.9 Å².